The molecular formula is C30H28ClN5O3. The largest absolute Gasteiger partial charge is 0.445 e. The maximum Gasteiger partial charge on any atom is 0.333 e. The van der Waals surface area contributed by atoms with Crippen molar-refractivity contribution in [2.45, 2.75) is 45.2 Å². The van der Waals surface area contributed by atoms with Crippen LogP contribution in [0, 0.1) is 12.8 Å². The molecule has 39 heavy (non-hydrogen) atoms. The third-order valence-corrected chi connectivity index (χ3v) is 7.75. The van der Waals surface area contributed by atoms with Crippen LogP contribution in [-0.4, -0.2) is 31.1 Å². The summed E-state index contributed by atoms with van der Waals surface area (Å²) in [5, 5.41) is 3.60. The molecule has 0 saturated heterocycles. The van der Waals surface area contributed by atoms with Gasteiger partial charge in [-0.2, -0.15) is 0 Å². The quantitative estimate of drug-likeness (QED) is 0.293. The molecule has 3 aromatic heterocycles. The van der Waals surface area contributed by atoms with Gasteiger partial charge in [0.25, 0.3) is 5.91 Å². The van der Waals surface area contributed by atoms with Crippen LogP contribution in [0.25, 0.3) is 28.2 Å². The fraction of sp³-hybridized carbons (Fsp3) is 0.267. The minimum absolute atomic E-state index is 0.0693. The second-order valence-electron chi connectivity index (χ2n) is 10.1. The summed E-state index contributed by atoms with van der Waals surface area (Å²) in [5.74, 6) is 0.708. The van der Waals surface area contributed by atoms with Crippen LogP contribution in [0.15, 0.2) is 82.5 Å². The van der Waals surface area contributed by atoms with Gasteiger partial charge in [-0.25, -0.2) is 9.78 Å². The fourth-order valence-corrected chi connectivity index (χ4v) is 5.68. The van der Waals surface area contributed by atoms with E-state index in [9.17, 15) is 9.59 Å². The highest BCUT2D eigenvalue weighted by atomic mass is 35.5. The van der Waals surface area contributed by atoms with Gasteiger partial charge in [-0.3, -0.25) is 18.9 Å². The van der Waals surface area contributed by atoms with Crippen molar-refractivity contribution in [1.82, 2.24) is 24.4 Å². The summed E-state index contributed by atoms with van der Waals surface area (Å²) in [5.41, 5.74) is 4.44. The molecule has 0 bridgehead atoms. The van der Waals surface area contributed by atoms with Crippen molar-refractivity contribution in [3.05, 3.63) is 100 Å². The molecule has 0 spiro atoms. The molecule has 9 heteroatoms. The zero-order chi connectivity index (χ0) is 26.9. The van der Waals surface area contributed by atoms with Crippen molar-refractivity contribution in [3.8, 4) is 17.1 Å². The lowest BCUT2D eigenvalue weighted by Crippen LogP contribution is -2.39. The van der Waals surface area contributed by atoms with Crippen LogP contribution in [0.3, 0.4) is 0 Å². The lowest BCUT2D eigenvalue weighted by Gasteiger charge is -2.29. The van der Waals surface area contributed by atoms with E-state index >= 15 is 0 Å². The molecule has 0 unspecified atom stereocenters. The van der Waals surface area contributed by atoms with Crippen molar-refractivity contribution >= 4 is 28.5 Å². The number of hydrogen-bond acceptors (Lipinski definition) is 5. The Morgan fingerprint density at radius 1 is 1.05 bits per heavy atom. The number of rotatable bonds is 6. The third-order valence-electron chi connectivity index (χ3n) is 7.54. The van der Waals surface area contributed by atoms with Crippen LogP contribution in [-0.2, 0) is 6.54 Å². The number of nitrogens with zero attached hydrogens (tertiary/aromatic N) is 4. The first-order valence-corrected chi connectivity index (χ1v) is 13.5. The van der Waals surface area contributed by atoms with Crippen LogP contribution < -0.4 is 11.0 Å². The fourth-order valence-electron chi connectivity index (χ4n) is 5.53. The Kier molecular flexibility index (Phi) is 6.79. The van der Waals surface area contributed by atoms with Crippen LogP contribution in [0.4, 0.5) is 0 Å². The van der Waals surface area contributed by atoms with Gasteiger partial charge in [0.2, 0.25) is 5.89 Å². The number of aromatic nitrogens is 4. The summed E-state index contributed by atoms with van der Waals surface area (Å²) < 4.78 is 9.11. The molecule has 1 saturated carbocycles. The van der Waals surface area contributed by atoms with E-state index < -0.39 is 0 Å². The van der Waals surface area contributed by atoms with E-state index in [1.165, 1.54) is 6.26 Å². The number of nitrogens with one attached hydrogen (secondary N) is 1. The molecule has 0 aliphatic heterocycles. The average Bonchev–Trinajstić information content (AvgIpc) is 3.58. The predicted molar refractivity (Wildman–Crippen MR) is 150 cm³/mol. The molecule has 8 nitrogen and oxygen atoms in total. The van der Waals surface area contributed by atoms with E-state index in [-0.39, 0.29) is 17.6 Å². The number of hydrogen-bond donors (Lipinski definition) is 1. The third kappa shape index (κ3) is 5.00. The number of benzene rings is 2. The molecule has 3 heterocycles. The number of pyridine rings is 1. The predicted octanol–water partition coefficient (Wildman–Crippen LogP) is 5.79. The number of carbonyl (C=O) groups is 1. The summed E-state index contributed by atoms with van der Waals surface area (Å²) in [6, 6.07) is 17.3. The van der Waals surface area contributed by atoms with Gasteiger partial charge in [0.05, 0.1) is 39.2 Å². The molecule has 1 amide bonds. The topological polar surface area (TPSA) is 95.0 Å². The van der Waals surface area contributed by atoms with Crippen molar-refractivity contribution in [1.29, 1.82) is 0 Å². The van der Waals surface area contributed by atoms with Crippen LogP contribution in [0.5, 0.6) is 0 Å². The van der Waals surface area contributed by atoms with Gasteiger partial charge in [0, 0.05) is 24.3 Å². The molecule has 198 valence electrons. The molecule has 6 rings (SSSR count). The van der Waals surface area contributed by atoms with Crippen LogP contribution >= 0.6 is 11.6 Å². The van der Waals surface area contributed by atoms with Crippen molar-refractivity contribution in [2.24, 2.45) is 5.92 Å². The number of aryl methyl sites for hydroxylation is 1. The van der Waals surface area contributed by atoms with Gasteiger partial charge in [0.1, 0.15) is 6.26 Å². The van der Waals surface area contributed by atoms with Gasteiger partial charge in [-0.1, -0.05) is 29.8 Å². The first-order valence-electron chi connectivity index (χ1n) is 13.1. The highest BCUT2D eigenvalue weighted by Gasteiger charge is 2.26. The lowest BCUT2D eigenvalue weighted by molar-refractivity contribution is 0.0919. The monoisotopic (exact) mass is 541 g/mol. The number of para-hydroxylation sites is 2. The number of imidazole rings is 1. The number of amides is 1. The SMILES string of the molecule is Cc1ncc(Cl)cc1C(=O)N[C@H]1CC[C@H](Cn2c(=O)n(-c3cccc(-c4ncco4)c3)c3ccccc32)CC1. The van der Waals surface area contributed by atoms with E-state index in [0.717, 1.165) is 48.0 Å². The van der Waals surface area contributed by atoms with Crippen LogP contribution in [0.1, 0.15) is 41.7 Å². The second-order valence-corrected chi connectivity index (χ2v) is 10.5. The maximum atomic E-state index is 13.8. The number of carbonyl (C=O) groups excluding carboxylic acids is 1. The molecule has 2 aromatic carbocycles. The van der Waals surface area contributed by atoms with Crippen LogP contribution in [0.2, 0.25) is 5.02 Å². The smallest absolute Gasteiger partial charge is 0.333 e. The van der Waals surface area contributed by atoms with Crippen molar-refractivity contribution < 1.29 is 9.21 Å². The highest BCUT2D eigenvalue weighted by Crippen LogP contribution is 2.28. The highest BCUT2D eigenvalue weighted by molar-refractivity contribution is 6.30. The normalized spacial score (nSPS) is 17.4. The van der Waals surface area contributed by atoms with Crippen molar-refractivity contribution in [2.75, 3.05) is 0 Å². The van der Waals surface area contributed by atoms with E-state index in [2.05, 4.69) is 15.3 Å². The Labute approximate surface area is 230 Å². The Hall–Kier alpha value is -4.17. The van der Waals surface area contributed by atoms with E-state index in [0.29, 0.717) is 34.6 Å². The van der Waals surface area contributed by atoms with Crippen molar-refractivity contribution in [3.63, 3.8) is 0 Å². The van der Waals surface area contributed by atoms with Gasteiger partial charge < -0.3 is 9.73 Å². The first kappa shape index (κ1) is 25.1. The zero-order valence-corrected chi connectivity index (χ0v) is 22.3. The minimum Gasteiger partial charge on any atom is -0.445 e. The molecule has 5 aromatic rings. The van der Waals surface area contributed by atoms with E-state index in [4.69, 9.17) is 16.0 Å². The number of halogens is 1. The maximum absolute atomic E-state index is 13.8. The molecule has 0 radical (unpaired) electrons. The summed E-state index contributed by atoms with van der Waals surface area (Å²) in [4.78, 5) is 35.1. The average molecular weight is 542 g/mol. The Bertz CT molecular complexity index is 1700. The summed E-state index contributed by atoms with van der Waals surface area (Å²) in [6.45, 7) is 2.43. The summed E-state index contributed by atoms with van der Waals surface area (Å²) in [6.07, 6.45) is 8.24. The molecule has 1 aliphatic rings. The molecule has 1 fully saturated rings. The summed E-state index contributed by atoms with van der Waals surface area (Å²) >= 11 is 6.05. The molecular weight excluding hydrogens is 514 g/mol. The van der Waals surface area contributed by atoms with Gasteiger partial charge >= 0.3 is 5.69 Å². The molecule has 1 N–H and O–H groups in total. The van der Waals surface area contributed by atoms with Gasteiger partial charge in [-0.15, -0.1) is 0 Å². The van der Waals surface area contributed by atoms with E-state index in [1.807, 2.05) is 53.1 Å². The molecule has 0 atom stereocenters. The first-order chi connectivity index (χ1) is 19.0. The summed E-state index contributed by atoms with van der Waals surface area (Å²) in [7, 11) is 0. The standard InChI is InChI=1S/C30H28ClN5O3/c1-19-25(16-22(31)17-33-19)28(37)34-23-11-9-20(10-12-23)18-35-26-7-2-3-8-27(26)36(30(35)38)24-6-4-5-21(15-24)29-32-13-14-39-29/h2-8,13-17,20,23H,9-12,18H2,1H3,(H,34,37)/t20-,23-. The lowest BCUT2D eigenvalue weighted by atomic mass is 9.85. The van der Waals surface area contributed by atoms with E-state index in [1.54, 1.807) is 30.0 Å². The second kappa shape index (κ2) is 10.5. The molecule has 1 aliphatic carbocycles. The number of fused-ring (bicyclic) bond motifs is 1. The Morgan fingerprint density at radius 3 is 2.62 bits per heavy atom. The van der Waals surface area contributed by atoms with Gasteiger partial charge in [0.15, 0.2) is 0 Å². The Morgan fingerprint density at radius 2 is 1.85 bits per heavy atom. The number of oxazole rings is 1. The minimum atomic E-state index is -0.141. The van der Waals surface area contributed by atoms with Gasteiger partial charge in [-0.05, 0) is 74.9 Å². The zero-order valence-electron chi connectivity index (χ0n) is 21.5. The Balaban J connectivity index is 1.20.